The van der Waals surface area contributed by atoms with E-state index in [1.807, 2.05) is 31.7 Å². The van der Waals surface area contributed by atoms with Crippen molar-refractivity contribution in [1.82, 2.24) is 24.7 Å². The van der Waals surface area contributed by atoms with Gasteiger partial charge in [-0.3, -0.25) is 4.68 Å². The second-order valence-electron chi connectivity index (χ2n) is 6.62. The molecule has 0 spiro atoms. The fourth-order valence-corrected chi connectivity index (χ4v) is 4.40. The number of fused-ring (bicyclic) bond motifs is 1. The Morgan fingerprint density at radius 3 is 2.88 bits per heavy atom. The molecule has 0 aromatic carbocycles. The van der Waals surface area contributed by atoms with Crippen LogP contribution in [0.5, 0.6) is 0 Å². The standard InChI is InChI=1S/C18H17N5OS/c1-23-10-11(8-21-23)14-7-13-12(3-6-19-16(13)22-14)15-9-20-17(25-15)18(24)4-2-5-18/h3,6-10,24H,2,4-5H2,1H3,(H,19,22). The van der Waals surface area contributed by atoms with Gasteiger partial charge in [0.15, 0.2) is 0 Å². The number of hydrogen-bond donors (Lipinski definition) is 2. The van der Waals surface area contributed by atoms with Gasteiger partial charge in [0.1, 0.15) is 16.3 Å². The van der Waals surface area contributed by atoms with Crippen molar-refractivity contribution in [3.8, 4) is 21.7 Å². The number of aliphatic hydroxyl groups is 1. The van der Waals surface area contributed by atoms with E-state index in [9.17, 15) is 5.11 Å². The minimum atomic E-state index is -0.714. The number of pyridine rings is 1. The number of nitrogens with zero attached hydrogens (tertiary/aromatic N) is 4. The molecule has 1 aliphatic rings. The lowest BCUT2D eigenvalue weighted by atomic mass is 9.81. The molecule has 6 nitrogen and oxygen atoms in total. The highest BCUT2D eigenvalue weighted by Crippen LogP contribution is 2.44. The topological polar surface area (TPSA) is 79.6 Å². The Bertz CT molecular complexity index is 1070. The van der Waals surface area contributed by atoms with E-state index in [2.05, 4.69) is 26.1 Å². The summed E-state index contributed by atoms with van der Waals surface area (Å²) in [6.07, 6.45) is 10.2. The molecular weight excluding hydrogens is 334 g/mol. The molecule has 0 amide bonds. The van der Waals surface area contributed by atoms with E-state index in [0.717, 1.165) is 57.0 Å². The molecule has 1 saturated carbocycles. The van der Waals surface area contributed by atoms with Gasteiger partial charge in [0.25, 0.3) is 0 Å². The van der Waals surface area contributed by atoms with Gasteiger partial charge in [-0.15, -0.1) is 11.3 Å². The second-order valence-corrected chi connectivity index (χ2v) is 7.65. The molecule has 4 aromatic heterocycles. The summed E-state index contributed by atoms with van der Waals surface area (Å²) in [5.41, 5.74) is 3.23. The average Bonchev–Trinajstić information content (AvgIpc) is 3.30. The third-order valence-corrected chi connectivity index (χ3v) is 6.12. The van der Waals surface area contributed by atoms with Crippen LogP contribution in [-0.2, 0) is 12.6 Å². The number of H-pyrrole nitrogens is 1. The van der Waals surface area contributed by atoms with E-state index in [0.29, 0.717) is 0 Å². The number of thiazole rings is 1. The van der Waals surface area contributed by atoms with E-state index in [4.69, 9.17) is 0 Å². The molecule has 126 valence electrons. The molecule has 0 radical (unpaired) electrons. The zero-order valence-corrected chi connectivity index (χ0v) is 14.5. The lowest BCUT2D eigenvalue weighted by Crippen LogP contribution is -2.33. The number of nitrogens with one attached hydrogen (secondary N) is 1. The summed E-state index contributed by atoms with van der Waals surface area (Å²) >= 11 is 1.57. The highest BCUT2D eigenvalue weighted by atomic mass is 32.1. The van der Waals surface area contributed by atoms with Gasteiger partial charge < -0.3 is 10.1 Å². The van der Waals surface area contributed by atoms with Crippen molar-refractivity contribution in [3.63, 3.8) is 0 Å². The van der Waals surface area contributed by atoms with Gasteiger partial charge in [-0.25, -0.2) is 9.97 Å². The van der Waals surface area contributed by atoms with Crippen LogP contribution in [0.15, 0.2) is 36.9 Å². The molecule has 4 aromatic rings. The van der Waals surface area contributed by atoms with Crippen LogP contribution in [-0.4, -0.2) is 29.8 Å². The number of hydrogen-bond acceptors (Lipinski definition) is 5. The van der Waals surface area contributed by atoms with Crippen molar-refractivity contribution in [2.24, 2.45) is 7.05 Å². The van der Waals surface area contributed by atoms with Gasteiger partial charge in [-0.2, -0.15) is 5.10 Å². The van der Waals surface area contributed by atoms with Gasteiger partial charge in [-0.05, 0) is 31.4 Å². The molecule has 1 aliphatic carbocycles. The van der Waals surface area contributed by atoms with Crippen LogP contribution < -0.4 is 0 Å². The monoisotopic (exact) mass is 351 g/mol. The summed E-state index contributed by atoms with van der Waals surface area (Å²) in [7, 11) is 1.90. The zero-order chi connectivity index (χ0) is 17.0. The fraction of sp³-hybridized carbons (Fsp3) is 0.278. The zero-order valence-electron chi connectivity index (χ0n) is 13.7. The Kier molecular flexibility index (Phi) is 3.10. The molecule has 5 rings (SSSR count). The minimum Gasteiger partial charge on any atom is -0.383 e. The quantitative estimate of drug-likeness (QED) is 0.592. The molecule has 0 bridgehead atoms. The molecule has 0 aliphatic heterocycles. The maximum Gasteiger partial charge on any atom is 0.138 e. The molecule has 25 heavy (non-hydrogen) atoms. The van der Waals surface area contributed by atoms with E-state index >= 15 is 0 Å². The first-order valence-electron chi connectivity index (χ1n) is 8.28. The van der Waals surface area contributed by atoms with Crippen LogP contribution in [0, 0.1) is 0 Å². The Labute approximate surface area is 148 Å². The molecule has 2 N–H and O–H groups in total. The smallest absolute Gasteiger partial charge is 0.138 e. The predicted octanol–water partition coefficient (Wildman–Crippen LogP) is 3.46. The van der Waals surface area contributed by atoms with E-state index in [1.165, 1.54) is 0 Å². The summed E-state index contributed by atoms with van der Waals surface area (Å²) in [5, 5.41) is 16.6. The van der Waals surface area contributed by atoms with Crippen molar-refractivity contribution in [2.75, 3.05) is 0 Å². The first-order valence-corrected chi connectivity index (χ1v) is 9.10. The summed E-state index contributed by atoms with van der Waals surface area (Å²) in [6, 6.07) is 4.11. The maximum atomic E-state index is 10.5. The Morgan fingerprint density at radius 1 is 1.28 bits per heavy atom. The van der Waals surface area contributed by atoms with Crippen molar-refractivity contribution < 1.29 is 5.11 Å². The lowest BCUT2D eigenvalue weighted by molar-refractivity contribution is -0.0389. The van der Waals surface area contributed by atoms with Crippen LogP contribution in [0.3, 0.4) is 0 Å². The summed E-state index contributed by atoms with van der Waals surface area (Å²) in [4.78, 5) is 13.4. The fourth-order valence-electron chi connectivity index (χ4n) is 3.30. The van der Waals surface area contributed by atoms with E-state index < -0.39 is 5.60 Å². The third kappa shape index (κ3) is 2.31. The maximum absolute atomic E-state index is 10.5. The van der Waals surface area contributed by atoms with E-state index in [-0.39, 0.29) is 0 Å². The molecule has 0 atom stereocenters. The SMILES string of the molecule is Cn1cc(-c2cc3c(-c4cnc(C5(O)CCC5)s4)ccnc3[nH]2)cn1. The molecule has 0 saturated heterocycles. The second kappa shape index (κ2) is 5.24. The van der Waals surface area contributed by atoms with Crippen molar-refractivity contribution in [1.29, 1.82) is 0 Å². The highest BCUT2D eigenvalue weighted by molar-refractivity contribution is 7.15. The van der Waals surface area contributed by atoms with Gasteiger partial charge in [0.05, 0.1) is 16.8 Å². The Morgan fingerprint density at radius 2 is 2.16 bits per heavy atom. The van der Waals surface area contributed by atoms with Gasteiger partial charge in [0.2, 0.25) is 0 Å². The number of aryl methyl sites for hydroxylation is 1. The van der Waals surface area contributed by atoms with E-state index in [1.54, 1.807) is 22.2 Å². The predicted molar refractivity (Wildman–Crippen MR) is 97.2 cm³/mol. The van der Waals surface area contributed by atoms with Gasteiger partial charge in [-0.1, -0.05) is 0 Å². The van der Waals surface area contributed by atoms with Crippen LogP contribution in [0.1, 0.15) is 24.3 Å². The van der Waals surface area contributed by atoms with Crippen LogP contribution in [0.2, 0.25) is 0 Å². The molecular formula is C18H17N5OS. The number of aromatic amines is 1. The van der Waals surface area contributed by atoms with Gasteiger partial charge in [0, 0.05) is 42.2 Å². The summed E-state index contributed by atoms with van der Waals surface area (Å²) in [6.45, 7) is 0. The lowest BCUT2D eigenvalue weighted by Gasteiger charge is -2.34. The molecule has 7 heteroatoms. The number of aromatic nitrogens is 5. The van der Waals surface area contributed by atoms with Crippen molar-refractivity contribution in [3.05, 3.63) is 41.9 Å². The largest absolute Gasteiger partial charge is 0.383 e. The number of rotatable bonds is 3. The summed E-state index contributed by atoms with van der Waals surface area (Å²) < 4.78 is 1.78. The van der Waals surface area contributed by atoms with Crippen LogP contribution in [0.25, 0.3) is 32.7 Å². The normalized spacial score (nSPS) is 16.2. The van der Waals surface area contributed by atoms with Gasteiger partial charge >= 0.3 is 0 Å². The average molecular weight is 351 g/mol. The Balaban J connectivity index is 1.60. The van der Waals surface area contributed by atoms with Crippen LogP contribution in [0.4, 0.5) is 0 Å². The van der Waals surface area contributed by atoms with Crippen molar-refractivity contribution in [2.45, 2.75) is 24.9 Å². The van der Waals surface area contributed by atoms with Crippen molar-refractivity contribution >= 4 is 22.4 Å². The first kappa shape index (κ1) is 14.8. The third-order valence-electron chi connectivity index (χ3n) is 4.90. The first-order chi connectivity index (χ1) is 12.1. The summed E-state index contributed by atoms with van der Waals surface area (Å²) in [5.74, 6) is 0. The molecule has 0 unspecified atom stereocenters. The van der Waals surface area contributed by atoms with Crippen LogP contribution >= 0.6 is 11.3 Å². The Hall–Kier alpha value is -2.51. The minimum absolute atomic E-state index is 0.714. The molecule has 4 heterocycles. The molecule has 1 fully saturated rings. The highest BCUT2D eigenvalue weighted by Gasteiger charge is 2.39.